The lowest BCUT2D eigenvalue weighted by atomic mass is 10.1. The molecule has 0 bridgehead atoms. The van der Waals surface area contributed by atoms with Gasteiger partial charge in [-0.05, 0) is 43.2 Å². The summed E-state index contributed by atoms with van der Waals surface area (Å²) in [7, 11) is 0. The van der Waals surface area contributed by atoms with E-state index >= 15 is 0 Å². The fourth-order valence-corrected chi connectivity index (χ4v) is 3.54. The van der Waals surface area contributed by atoms with Crippen molar-refractivity contribution in [3.05, 3.63) is 58.9 Å². The third kappa shape index (κ3) is 5.70. The van der Waals surface area contributed by atoms with E-state index in [0.29, 0.717) is 55.4 Å². The van der Waals surface area contributed by atoms with E-state index in [1.165, 1.54) is 6.07 Å². The molecule has 0 atom stereocenters. The highest BCUT2D eigenvalue weighted by molar-refractivity contribution is 6.31. The summed E-state index contributed by atoms with van der Waals surface area (Å²) in [5, 5.41) is 3.41. The lowest BCUT2D eigenvalue weighted by Gasteiger charge is -2.36. The molecule has 0 radical (unpaired) electrons. The molecule has 5 nitrogen and oxygen atoms in total. The zero-order valence-corrected chi connectivity index (χ0v) is 17.2. The first kappa shape index (κ1) is 21.1. The minimum Gasteiger partial charge on any atom is -0.366 e. The van der Waals surface area contributed by atoms with Crippen molar-refractivity contribution in [1.82, 2.24) is 4.90 Å². The molecule has 1 heterocycles. The van der Waals surface area contributed by atoms with Crippen LogP contribution >= 0.6 is 11.6 Å². The van der Waals surface area contributed by atoms with Crippen molar-refractivity contribution in [2.75, 3.05) is 36.4 Å². The number of piperazine rings is 1. The zero-order chi connectivity index (χ0) is 20.8. The van der Waals surface area contributed by atoms with Gasteiger partial charge in [0.2, 0.25) is 11.8 Å². The van der Waals surface area contributed by atoms with Crippen LogP contribution in [0.5, 0.6) is 0 Å². The van der Waals surface area contributed by atoms with Gasteiger partial charge < -0.3 is 15.1 Å². The monoisotopic (exact) mass is 417 g/mol. The number of benzene rings is 2. The first-order chi connectivity index (χ1) is 13.9. The van der Waals surface area contributed by atoms with Crippen LogP contribution in [0.2, 0.25) is 5.02 Å². The molecular weight excluding hydrogens is 393 g/mol. The summed E-state index contributed by atoms with van der Waals surface area (Å²) in [4.78, 5) is 28.2. The minimum atomic E-state index is -0.242. The highest BCUT2D eigenvalue weighted by atomic mass is 35.5. The Hall–Kier alpha value is -2.60. The number of hydrogen-bond acceptors (Lipinski definition) is 3. The Balaban J connectivity index is 1.39. The molecule has 1 aliphatic heterocycles. The van der Waals surface area contributed by atoms with Crippen LogP contribution in [0, 0.1) is 12.7 Å². The van der Waals surface area contributed by atoms with E-state index in [-0.39, 0.29) is 24.1 Å². The first-order valence-corrected chi connectivity index (χ1v) is 10.1. The van der Waals surface area contributed by atoms with Crippen LogP contribution < -0.4 is 10.2 Å². The largest absolute Gasteiger partial charge is 0.366 e. The highest BCUT2D eigenvalue weighted by Gasteiger charge is 2.22. The average Bonchev–Trinajstić information content (AvgIpc) is 2.71. The Labute approximate surface area is 175 Å². The van der Waals surface area contributed by atoms with Crippen LogP contribution in [0.4, 0.5) is 15.8 Å². The Morgan fingerprint density at radius 2 is 1.79 bits per heavy atom. The maximum Gasteiger partial charge on any atom is 0.224 e. The van der Waals surface area contributed by atoms with Gasteiger partial charge in [0, 0.05) is 49.7 Å². The van der Waals surface area contributed by atoms with E-state index in [0.717, 1.165) is 5.56 Å². The molecule has 154 valence electrons. The molecule has 1 aliphatic rings. The van der Waals surface area contributed by atoms with Crippen molar-refractivity contribution in [2.45, 2.75) is 26.2 Å². The van der Waals surface area contributed by atoms with E-state index in [1.807, 2.05) is 24.0 Å². The molecule has 1 N–H and O–H groups in total. The van der Waals surface area contributed by atoms with Gasteiger partial charge in [-0.2, -0.15) is 0 Å². The molecule has 0 spiro atoms. The summed E-state index contributed by atoms with van der Waals surface area (Å²) in [5.74, 6) is -0.348. The second kappa shape index (κ2) is 9.74. The summed E-state index contributed by atoms with van der Waals surface area (Å²) in [6, 6.07) is 12.1. The van der Waals surface area contributed by atoms with Gasteiger partial charge in [-0.3, -0.25) is 9.59 Å². The Bertz CT molecular complexity index is 882. The summed E-state index contributed by atoms with van der Waals surface area (Å²) in [6.07, 6.45) is 1.08. The number of carbonyl (C=O) groups excluding carboxylic acids is 2. The van der Waals surface area contributed by atoms with E-state index in [1.54, 1.807) is 29.2 Å². The number of rotatable bonds is 6. The maximum absolute atomic E-state index is 13.9. The van der Waals surface area contributed by atoms with Crippen molar-refractivity contribution in [1.29, 1.82) is 0 Å². The van der Waals surface area contributed by atoms with Gasteiger partial charge in [-0.25, -0.2) is 4.39 Å². The van der Waals surface area contributed by atoms with Gasteiger partial charge in [-0.15, -0.1) is 0 Å². The van der Waals surface area contributed by atoms with Gasteiger partial charge in [0.15, 0.2) is 0 Å². The van der Waals surface area contributed by atoms with Crippen LogP contribution in [0.15, 0.2) is 42.5 Å². The smallest absolute Gasteiger partial charge is 0.224 e. The third-order valence-electron chi connectivity index (χ3n) is 5.08. The maximum atomic E-state index is 13.9. The minimum absolute atomic E-state index is 0.0318. The number of halogens is 2. The van der Waals surface area contributed by atoms with E-state index in [9.17, 15) is 14.0 Å². The van der Waals surface area contributed by atoms with Crippen molar-refractivity contribution < 1.29 is 14.0 Å². The fraction of sp³-hybridized carbons (Fsp3) is 0.364. The summed E-state index contributed by atoms with van der Waals surface area (Å²) < 4.78 is 13.9. The normalized spacial score (nSPS) is 14.0. The SMILES string of the molecule is Cc1ccc(NC(=O)CCCC(=O)N2CCN(c3ccccc3F)CC2)cc1Cl. The molecular formula is C22H25ClFN3O2. The third-order valence-corrected chi connectivity index (χ3v) is 5.48. The van der Waals surface area contributed by atoms with Gasteiger partial charge in [0.05, 0.1) is 5.69 Å². The fourth-order valence-electron chi connectivity index (χ4n) is 3.36. The Kier molecular flexibility index (Phi) is 7.09. The second-order valence-electron chi connectivity index (χ2n) is 7.18. The van der Waals surface area contributed by atoms with Crippen LogP contribution in [-0.4, -0.2) is 42.9 Å². The van der Waals surface area contributed by atoms with Crippen LogP contribution in [-0.2, 0) is 9.59 Å². The number of para-hydroxylation sites is 1. The summed E-state index contributed by atoms with van der Waals surface area (Å²) in [5.41, 5.74) is 2.18. The molecule has 3 rings (SSSR count). The van der Waals surface area contributed by atoms with Crippen molar-refractivity contribution in [2.24, 2.45) is 0 Å². The molecule has 0 saturated carbocycles. The molecule has 2 aromatic rings. The first-order valence-electron chi connectivity index (χ1n) is 9.77. The standard InChI is InChI=1S/C22H25ClFN3O2/c1-16-9-10-17(15-18(16)23)25-21(28)7-4-8-22(29)27-13-11-26(12-14-27)20-6-3-2-5-19(20)24/h2-3,5-6,9-10,15H,4,7-8,11-14H2,1H3,(H,25,28). The molecule has 7 heteroatoms. The molecule has 0 aromatic heterocycles. The van der Waals surface area contributed by atoms with Crippen molar-refractivity contribution in [3.8, 4) is 0 Å². The van der Waals surface area contributed by atoms with Crippen LogP contribution in [0.3, 0.4) is 0 Å². The number of amides is 2. The van der Waals surface area contributed by atoms with Gasteiger partial charge in [0.1, 0.15) is 5.82 Å². The Morgan fingerprint density at radius 3 is 2.48 bits per heavy atom. The molecule has 2 amide bonds. The van der Waals surface area contributed by atoms with Crippen molar-refractivity contribution >= 4 is 34.8 Å². The topological polar surface area (TPSA) is 52.7 Å². The van der Waals surface area contributed by atoms with Crippen LogP contribution in [0.25, 0.3) is 0 Å². The molecule has 1 fully saturated rings. The number of nitrogens with one attached hydrogen (secondary N) is 1. The van der Waals surface area contributed by atoms with Gasteiger partial charge in [-0.1, -0.05) is 29.8 Å². The number of hydrogen-bond donors (Lipinski definition) is 1. The number of aryl methyl sites for hydroxylation is 1. The molecule has 1 saturated heterocycles. The highest BCUT2D eigenvalue weighted by Crippen LogP contribution is 2.21. The van der Waals surface area contributed by atoms with E-state index in [2.05, 4.69) is 5.32 Å². The molecule has 29 heavy (non-hydrogen) atoms. The number of nitrogens with zero attached hydrogens (tertiary/aromatic N) is 2. The average molecular weight is 418 g/mol. The van der Waals surface area contributed by atoms with Gasteiger partial charge >= 0.3 is 0 Å². The van der Waals surface area contributed by atoms with Crippen molar-refractivity contribution in [3.63, 3.8) is 0 Å². The lowest BCUT2D eigenvalue weighted by molar-refractivity contribution is -0.131. The molecule has 0 aliphatic carbocycles. The van der Waals surface area contributed by atoms with Gasteiger partial charge in [0.25, 0.3) is 0 Å². The van der Waals surface area contributed by atoms with E-state index < -0.39 is 0 Å². The molecule has 2 aromatic carbocycles. The number of anilines is 2. The lowest BCUT2D eigenvalue weighted by Crippen LogP contribution is -2.49. The van der Waals surface area contributed by atoms with E-state index in [4.69, 9.17) is 11.6 Å². The van der Waals surface area contributed by atoms with Crippen LogP contribution in [0.1, 0.15) is 24.8 Å². The summed E-state index contributed by atoms with van der Waals surface area (Å²) >= 11 is 6.06. The predicted octanol–water partition coefficient (Wildman–Crippen LogP) is 4.25. The number of carbonyl (C=O) groups is 2. The molecule has 0 unspecified atom stereocenters. The quantitative estimate of drug-likeness (QED) is 0.764. The summed E-state index contributed by atoms with van der Waals surface area (Å²) in [6.45, 7) is 4.21. The zero-order valence-electron chi connectivity index (χ0n) is 16.5. The Morgan fingerprint density at radius 1 is 1.07 bits per heavy atom. The predicted molar refractivity (Wildman–Crippen MR) is 114 cm³/mol. The second-order valence-corrected chi connectivity index (χ2v) is 7.59.